The van der Waals surface area contributed by atoms with E-state index >= 15 is 0 Å². The summed E-state index contributed by atoms with van der Waals surface area (Å²) in [6.07, 6.45) is 3.12. The Hall–Kier alpha value is -1.85. The summed E-state index contributed by atoms with van der Waals surface area (Å²) in [7, 11) is 0. The number of hydrogen-bond donors (Lipinski definition) is 3. The molecule has 0 bridgehead atoms. The minimum Gasteiger partial charge on any atom is -0.479 e. The second-order valence-electron chi connectivity index (χ2n) is 4.64. The van der Waals surface area contributed by atoms with Gasteiger partial charge in [-0.2, -0.15) is 5.10 Å². The van der Waals surface area contributed by atoms with Gasteiger partial charge in [-0.25, -0.2) is 4.79 Å². The standard InChI is InChI=1S/C13H21N3O3/c1-4-5-6-7-10(17)14-12(13(18)19)11-8(2)15-16-9(11)3/h12H,4-7H2,1-3H3,(H,14,17)(H,15,16)(H,18,19). The maximum atomic E-state index is 11.7. The fourth-order valence-electron chi connectivity index (χ4n) is 2.01. The lowest BCUT2D eigenvalue weighted by Gasteiger charge is -2.15. The van der Waals surface area contributed by atoms with Gasteiger partial charge >= 0.3 is 5.97 Å². The zero-order chi connectivity index (χ0) is 14.4. The first-order chi connectivity index (χ1) is 8.97. The molecule has 19 heavy (non-hydrogen) atoms. The third-order valence-electron chi connectivity index (χ3n) is 3.03. The van der Waals surface area contributed by atoms with Gasteiger partial charge in [0.2, 0.25) is 5.91 Å². The van der Waals surface area contributed by atoms with E-state index in [4.69, 9.17) is 0 Å². The third-order valence-corrected chi connectivity index (χ3v) is 3.03. The number of carboxylic acids is 1. The number of amides is 1. The van der Waals surface area contributed by atoms with Crippen LogP contribution in [0.1, 0.15) is 55.6 Å². The maximum absolute atomic E-state index is 11.7. The fraction of sp³-hybridized carbons (Fsp3) is 0.615. The van der Waals surface area contributed by atoms with Crippen LogP contribution in [0.15, 0.2) is 0 Å². The number of aromatic amines is 1. The Morgan fingerprint density at radius 1 is 1.37 bits per heavy atom. The topological polar surface area (TPSA) is 95.1 Å². The van der Waals surface area contributed by atoms with Gasteiger partial charge in [0.1, 0.15) is 0 Å². The molecule has 1 unspecified atom stereocenters. The molecular weight excluding hydrogens is 246 g/mol. The molecule has 0 aliphatic heterocycles. The lowest BCUT2D eigenvalue weighted by Crippen LogP contribution is -2.34. The molecule has 106 valence electrons. The van der Waals surface area contributed by atoms with E-state index in [-0.39, 0.29) is 5.91 Å². The first-order valence-electron chi connectivity index (χ1n) is 6.51. The molecule has 1 aromatic rings. The molecule has 6 nitrogen and oxygen atoms in total. The second kappa shape index (κ2) is 6.92. The van der Waals surface area contributed by atoms with Crippen molar-refractivity contribution >= 4 is 11.9 Å². The molecule has 1 heterocycles. The van der Waals surface area contributed by atoms with Crippen molar-refractivity contribution in [3.05, 3.63) is 17.0 Å². The normalized spacial score (nSPS) is 12.2. The van der Waals surface area contributed by atoms with Crippen molar-refractivity contribution in [2.75, 3.05) is 0 Å². The maximum Gasteiger partial charge on any atom is 0.331 e. The first-order valence-corrected chi connectivity index (χ1v) is 6.51. The van der Waals surface area contributed by atoms with Gasteiger partial charge in [-0.15, -0.1) is 0 Å². The van der Waals surface area contributed by atoms with Crippen molar-refractivity contribution < 1.29 is 14.7 Å². The molecule has 1 rings (SSSR count). The summed E-state index contributed by atoms with van der Waals surface area (Å²) in [6.45, 7) is 5.52. The number of carbonyl (C=O) groups excluding carboxylic acids is 1. The number of nitrogens with one attached hydrogen (secondary N) is 2. The van der Waals surface area contributed by atoms with Crippen LogP contribution in [-0.2, 0) is 9.59 Å². The van der Waals surface area contributed by atoms with E-state index in [1.807, 2.05) is 0 Å². The van der Waals surface area contributed by atoms with Crippen LogP contribution in [0.5, 0.6) is 0 Å². The molecule has 0 spiro atoms. The Morgan fingerprint density at radius 2 is 2.05 bits per heavy atom. The summed E-state index contributed by atoms with van der Waals surface area (Å²) in [5, 5.41) is 18.5. The van der Waals surface area contributed by atoms with Gasteiger partial charge in [-0.1, -0.05) is 19.8 Å². The molecular formula is C13H21N3O3. The molecule has 0 radical (unpaired) electrons. The Labute approximate surface area is 112 Å². The van der Waals surface area contributed by atoms with Gasteiger partial charge in [0.25, 0.3) is 0 Å². The van der Waals surface area contributed by atoms with Crippen LogP contribution in [0.2, 0.25) is 0 Å². The highest BCUT2D eigenvalue weighted by Gasteiger charge is 2.26. The molecule has 1 amide bonds. The number of carbonyl (C=O) groups is 2. The molecule has 1 atom stereocenters. The molecule has 6 heteroatoms. The second-order valence-corrected chi connectivity index (χ2v) is 4.64. The number of nitrogens with zero attached hydrogens (tertiary/aromatic N) is 1. The summed E-state index contributed by atoms with van der Waals surface area (Å²) < 4.78 is 0. The summed E-state index contributed by atoms with van der Waals surface area (Å²) in [4.78, 5) is 23.1. The van der Waals surface area contributed by atoms with E-state index in [0.717, 1.165) is 19.3 Å². The van der Waals surface area contributed by atoms with Crippen molar-refractivity contribution in [3.8, 4) is 0 Å². The van der Waals surface area contributed by atoms with E-state index in [2.05, 4.69) is 22.4 Å². The van der Waals surface area contributed by atoms with Crippen LogP contribution in [0.3, 0.4) is 0 Å². The Kier molecular flexibility index (Phi) is 5.54. The largest absolute Gasteiger partial charge is 0.479 e. The summed E-state index contributed by atoms with van der Waals surface area (Å²) in [5.74, 6) is -1.31. The molecule has 0 aliphatic carbocycles. The smallest absolute Gasteiger partial charge is 0.331 e. The van der Waals surface area contributed by atoms with Crippen LogP contribution in [0.4, 0.5) is 0 Å². The predicted octanol–water partition coefficient (Wildman–Crippen LogP) is 1.85. The van der Waals surface area contributed by atoms with E-state index in [1.54, 1.807) is 13.8 Å². The average molecular weight is 267 g/mol. The van der Waals surface area contributed by atoms with Crippen molar-refractivity contribution in [1.29, 1.82) is 0 Å². The quantitative estimate of drug-likeness (QED) is 0.657. The Bertz CT molecular complexity index is 434. The molecule has 3 N–H and O–H groups in total. The van der Waals surface area contributed by atoms with Gasteiger partial charge in [-0.05, 0) is 20.3 Å². The summed E-state index contributed by atoms with van der Waals surface area (Å²) in [5.41, 5.74) is 1.80. The highest BCUT2D eigenvalue weighted by atomic mass is 16.4. The molecule has 0 fully saturated rings. The lowest BCUT2D eigenvalue weighted by molar-refractivity contribution is -0.142. The molecule has 0 aromatic carbocycles. The number of aryl methyl sites for hydroxylation is 2. The highest BCUT2D eigenvalue weighted by Crippen LogP contribution is 2.20. The van der Waals surface area contributed by atoms with Gasteiger partial charge < -0.3 is 10.4 Å². The van der Waals surface area contributed by atoms with E-state index in [9.17, 15) is 14.7 Å². The number of rotatable bonds is 7. The van der Waals surface area contributed by atoms with Gasteiger partial charge in [-0.3, -0.25) is 9.89 Å². The van der Waals surface area contributed by atoms with Gasteiger partial charge in [0.15, 0.2) is 6.04 Å². The van der Waals surface area contributed by atoms with Crippen molar-refractivity contribution in [3.63, 3.8) is 0 Å². The van der Waals surface area contributed by atoms with E-state index < -0.39 is 12.0 Å². The average Bonchev–Trinajstić information content (AvgIpc) is 2.66. The predicted molar refractivity (Wildman–Crippen MR) is 70.7 cm³/mol. The molecule has 0 saturated heterocycles. The number of aromatic nitrogens is 2. The van der Waals surface area contributed by atoms with E-state index in [0.29, 0.717) is 23.4 Å². The minimum atomic E-state index is -1.07. The highest BCUT2D eigenvalue weighted by molar-refractivity contribution is 5.84. The van der Waals surface area contributed by atoms with Crippen molar-refractivity contribution in [2.24, 2.45) is 0 Å². The van der Waals surface area contributed by atoms with Crippen molar-refractivity contribution in [2.45, 2.75) is 52.5 Å². The molecule has 0 aliphatic rings. The molecule has 0 saturated carbocycles. The number of H-pyrrole nitrogens is 1. The van der Waals surface area contributed by atoms with Gasteiger partial charge in [0.05, 0.1) is 5.69 Å². The van der Waals surface area contributed by atoms with Gasteiger partial charge in [0, 0.05) is 17.7 Å². The minimum absolute atomic E-state index is 0.235. The van der Waals surface area contributed by atoms with Crippen LogP contribution in [0.25, 0.3) is 0 Å². The van der Waals surface area contributed by atoms with Crippen LogP contribution in [0, 0.1) is 13.8 Å². The fourth-order valence-corrected chi connectivity index (χ4v) is 2.01. The monoisotopic (exact) mass is 267 g/mol. The van der Waals surface area contributed by atoms with Crippen molar-refractivity contribution in [1.82, 2.24) is 15.5 Å². The number of hydrogen-bond acceptors (Lipinski definition) is 3. The zero-order valence-corrected chi connectivity index (χ0v) is 11.6. The molecule has 1 aromatic heterocycles. The third kappa shape index (κ3) is 4.08. The number of carboxylic acid groups (broad SMARTS) is 1. The number of aliphatic carboxylic acids is 1. The van der Waals surface area contributed by atoms with Crippen LogP contribution >= 0.6 is 0 Å². The summed E-state index contributed by atoms with van der Waals surface area (Å²) >= 11 is 0. The first kappa shape index (κ1) is 15.2. The SMILES string of the molecule is CCCCCC(=O)NC(C(=O)O)c1c(C)n[nH]c1C. The Balaban J connectivity index is 2.75. The Morgan fingerprint density at radius 3 is 2.53 bits per heavy atom. The van der Waals surface area contributed by atoms with Crippen LogP contribution in [-0.4, -0.2) is 27.2 Å². The summed E-state index contributed by atoms with van der Waals surface area (Å²) in [6, 6.07) is -1.03. The van der Waals surface area contributed by atoms with Crippen LogP contribution < -0.4 is 5.32 Å². The number of unbranched alkanes of at least 4 members (excludes halogenated alkanes) is 2. The zero-order valence-electron chi connectivity index (χ0n) is 11.6. The van der Waals surface area contributed by atoms with E-state index in [1.165, 1.54) is 0 Å². The lowest BCUT2D eigenvalue weighted by atomic mass is 10.0.